The molecule has 0 radical (unpaired) electrons. The van der Waals surface area contributed by atoms with Crippen molar-refractivity contribution in [3.63, 3.8) is 0 Å². The number of nitrogens with one attached hydrogen (secondary N) is 1. The Labute approximate surface area is 165 Å². The van der Waals surface area contributed by atoms with Gasteiger partial charge in [0, 0.05) is 19.0 Å². The Morgan fingerprint density at radius 2 is 1.71 bits per heavy atom. The number of amides is 3. The minimum atomic E-state index is -0.273. The van der Waals surface area contributed by atoms with Gasteiger partial charge in [0.05, 0.1) is 30.7 Å². The lowest BCUT2D eigenvalue weighted by atomic mass is 9.81. The number of hydrogen-bond acceptors (Lipinski definition) is 5. The van der Waals surface area contributed by atoms with E-state index in [0.717, 1.165) is 25.7 Å². The molecule has 3 amide bonds. The molecular formula is C21H28N2O5. The van der Waals surface area contributed by atoms with Gasteiger partial charge in [-0.15, -0.1) is 0 Å². The van der Waals surface area contributed by atoms with Gasteiger partial charge in [0.2, 0.25) is 17.7 Å². The Kier molecular flexibility index (Phi) is 6.54. The highest BCUT2D eigenvalue weighted by Crippen LogP contribution is 2.38. The standard InChI is InChI=1S/C21H28N2O5/c1-3-27-14-9-10-18(28-4-2)17(13-14)22-19(24)11-12-23-20(25)15-7-5-6-8-16(15)21(23)26/h9-10,13,15-16H,3-8,11-12H2,1-2H3,(H,22,24)/t15-,16-/m0/s1. The third-order valence-electron chi connectivity index (χ3n) is 5.33. The zero-order valence-corrected chi connectivity index (χ0v) is 16.5. The smallest absolute Gasteiger partial charge is 0.233 e. The zero-order chi connectivity index (χ0) is 20.1. The van der Waals surface area contributed by atoms with Crippen LogP contribution in [0.1, 0.15) is 46.0 Å². The van der Waals surface area contributed by atoms with Crippen molar-refractivity contribution in [1.29, 1.82) is 0 Å². The molecule has 1 aliphatic heterocycles. The van der Waals surface area contributed by atoms with E-state index >= 15 is 0 Å². The molecule has 0 unspecified atom stereocenters. The molecule has 1 aliphatic carbocycles. The van der Waals surface area contributed by atoms with Crippen molar-refractivity contribution in [2.75, 3.05) is 25.1 Å². The van der Waals surface area contributed by atoms with Crippen LogP contribution in [0.4, 0.5) is 5.69 Å². The van der Waals surface area contributed by atoms with E-state index in [-0.39, 0.29) is 42.5 Å². The van der Waals surface area contributed by atoms with E-state index in [1.54, 1.807) is 18.2 Å². The van der Waals surface area contributed by atoms with Crippen LogP contribution in [-0.4, -0.2) is 42.4 Å². The van der Waals surface area contributed by atoms with Crippen molar-refractivity contribution in [1.82, 2.24) is 4.90 Å². The number of nitrogens with zero attached hydrogens (tertiary/aromatic N) is 1. The maximum absolute atomic E-state index is 12.5. The van der Waals surface area contributed by atoms with Crippen LogP contribution in [0.15, 0.2) is 18.2 Å². The summed E-state index contributed by atoms with van der Waals surface area (Å²) in [6.07, 6.45) is 3.59. The first kappa shape index (κ1) is 20.2. The fourth-order valence-electron chi connectivity index (χ4n) is 4.02. The van der Waals surface area contributed by atoms with Gasteiger partial charge in [0.15, 0.2) is 0 Å². The number of anilines is 1. The van der Waals surface area contributed by atoms with Gasteiger partial charge < -0.3 is 14.8 Å². The summed E-state index contributed by atoms with van der Waals surface area (Å²) in [5, 5.41) is 2.82. The molecule has 2 fully saturated rings. The maximum atomic E-state index is 12.5. The molecule has 2 aliphatic rings. The third kappa shape index (κ3) is 4.29. The fraction of sp³-hybridized carbons (Fsp3) is 0.571. The van der Waals surface area contributed by atoms with E-state index in [1.165, 1.54) is 4.90 Å². The van der Waals surface area contributed by atoms with Crippen molar-refractivity contribution >= 4 is 23.4 Å². The molecule has 1 N–H and O–H groups in total. The molecule has 7 nitrogen and oxygen atoms in total. The molecule has 0 spiro atoms. The molecule has 28 heavy (non-hydrogen) atoms. The number of rotatable bonds is 8. The Balaban J connectivity index is 1.62. The van der Waals surface area contributed by atoms with Crippen molar-refractivity contribution in [2.45, 2.75) is 46.0 Å². The molecule has 1 aromatic rings. The lowest BCUT2D eigenvalue weighted by Gasteiger charge is -2.19. The van der Waals surface area contributed by atoms with Crippen molar-refractivity contribution in [2.24, 2.45) is 11.8 Å². The second-order valence-corrected chi connectivity index (χ2v) is 7.15. The summed E-state index contributed by atoms with van der Waals surface area (Å²) >= 11 is 0. The summed E-state index contributed by atoms with van der Waals surface area (Å²) in [5.74, 6) is 0.319. The summed E-state index contributed by atoms with van der Waals surface area (Å²) in [5.41, 5.74) is 0.519. The summed E-state index contributed by atoms with van der Waals surface area (Å²) < 4.78 is 11.0. The first-order valence-corrected chi connectivity index (χ1v) is 10.1. The number of hydrogen-bond donors (Lipinski definition) is 1. The molecule has 2 atom stereocenters. The topological polar surface area (TPSA) is 84.9 Å². The molecule has 152 valence electrons. The Morgan fingerprint density at radius 3 is 2.32 bits per heavy atom. The van der Waals surface area contributed by atoms with E-state index in [9.17, 15) is 14.4 Å². The maximum Gasteiger partial charge on any atom is 0.233 e. The van der Waals surface area contributed by atoms with Gasteiger partial charge in [-0.25, -0.2) is 0 Å². The molecular weight excluding hydrogens is 360 g/mol. The second-order valence-electron chi connectivity index (χ2n) is 7.15. The van der Waals surface area contributed by atoms with Crippen LogP contribution >= 0.6 is 0 Å². The predicted octanol–water partition coefficient (Wildman–Crippen LogP) is 2.99. The van der Waals surface area contributed by atoms with Gasteiger partial charge >= 0.3 is 0 Å². The van der Waals surface area contributed by atoms with Gasteiger partial charge in [0.25, 0.3) is 0 Å². The molecule has 0 aromatic heterocycles. The number of ether oxygens (including phenoxy) is 2. The van der Waals surface area contributed by atoms with E-state index in [1.807, 2.05) is 13.8 Å². The van der Waals surface area contributed by atoms with E-state index in [4.69, 9.17) is 9.47 Å². The summed E-state index contributed by atoms with van der Waals surface area (Å²) in [4.78, 5) is 38.8. The van der Waals surface area contributed by atoms with E-state index in [0.29, 0.717) is 30.4 Å². The predicted molar refractivity (Wildman–Crippen MR) is 104 cm³/mol. The average molecular weight is 388 g/mol. The Morgan fingerprint density at radius 1 is 1.07 bits per heavy atom. The lowest BCUT2D eigenvalue weighted by Crippen LogP contribution is -2.34. The van der Waals surface area contributed by atoms with Gasteiger partial charge in [-0.1, -0.05) is 12.8 Å². The number of benzene rings is 1. The minimum absolute atomic E-state index is 0.0569. The van der Waals surface area contributed by atoms with Crippen molar-refractivity contribution in [3.8, 4) is 11.5 Å². The highest BCUT2D eigenvalue weighted by atomic mass is 16.5. The average Bonchev–Trinajstić information content (AvgIpc) is 2.93. The van der Waals surface area contributed by atoms with Crippen LogP contribution in [0.2, 0.25) is 0 Å². The Hall–Kier alpha value is -2.57. The molecule has 7 heteroatoms. The lowest BCUT2D eigenvalue weighted by molar-refractivity contribution is -0.140. The fourth-order valence-corrected chi connectivity index (χ4v) is 4.02. The van der Waals surface area contributed by atoms with Gasteiger partial charge in [-0.2, -0.15) is 0 Å². The highest BCUT2D eigenvalue weighted by molar-refractivity contribution is 6.05. The zero-order valence-electron chi connectivity index (χ0n) is 16.5. The highest BCUT2D eigenvalue weighted by Gasteiger charge is 2.47. The quantitative estimate of drug-likeness (QED) is 0.692. The monoisotopic (exact) mass is 388 g/mol. The number of likely N-dealkylation sites (tertiary alicyclic amines) is 1. The molecule has 1 saturated heterocycles. The van der Waals surface area contributed by atoms with Gasteiger partial charge in [-0.05, 0) is 38.8 Å². The first-order valence-electron chi connectivity index (χ1n) is 10.1. The van der Waals surface area contributed by atoms with Crippen molar-refractivity contribution in [3.05, 3.63) is 18.2 Å². The van der Waals surface area contributed by atoms with Crippen LogP contribution in [0, 0.1) is 11.8 Å². The van der Waals surface area contributed by atoms with Crippen LogP contribution in [0.5, 0.6) is 11.5 Å². The van der Waals surface area contributed by atoms with E-state index < -0.39 is 0 Å². The number of imide groups is 1. The minimum Gasteiger partial charge on any atom is -0.494 e. The molecule has 3 rings (SSSR count). The van der Waals surface area contributed by atoms with Crippen LogP contribution in [-0.2, 0) is 14.4 Å². The summed E-state index contributed by atoms with van der Waals surface area (Å²) in [6, 6.07) is 5.25. The molecule has 1 aromatic carbocycles. The Bertz CT molecular complexity index is 724. The molecule has 1 heterocycles. The summed E-state index contributed by atoms with van der Waals surface area (Å²) in [6.45, 7) is 4.85. The molecule has 1 saturated carbocycles. The number of carbonyl (C=O) groups excluding carboxylic acids is 3. The number of fused-ring (bicyclic) bond motifs is 1. The van der Waals surface area contributed by atoms with Gasteiger partial charge in [-0.3, -0.25) is 19.3 Å². The number of carbonyl (C=O) groups is 3. The molecule has 0 bridgehead atoms. The largest absolute Gasteiger partial charge is 0.494 e. The third-order valence-corrected chi connectivity index (χ3v) is 5.33. The van der Waals surface area contributed by atoms with Crippen LogP contribution < -0.4 is 14.8 Å². The van der Waals surface area contributed by atoms with Crippen LogP contribution in [0.3, 0.4) is 0 Å². The summed E-state index contributed by atoms with van der Waals surface area (Å²) in [7, 11) is 0. The first-order chi connectivity index (χ1) is 13.5. The SMILES string of the molecule is CCOc1ccc(OCC)c(NC(=O)CCN2C(=O)[C@H]3CCCC[C@@H]3C2=O)c1. The van der Waals surface area contributed by atoms with Crippen LogP contribution in [0.25, 0.3) is 0 Å². The normalized spacial score (nSPS) is 21.4. The second kappa shape index (κ2) is 9.08. The van der Waals surface area contributed by atoms with E-state index in [2.05, 4.69) is 5.32 Å². The van der Waals surface area contributed by atoms with Crippen molar-refractivity contribution < 1.29 is 23.9 Å². The van der Waals surface area contributed by atoms with Gasteiger partial charge in [0.1, 0.15) is 11.5 Å².